The van der Waals surface area contributed by atoms with Crippen molar-refractivity contribution in [2.24, 2.45) is 0 Å². The average Bonchev–Trinajstić information content (AvgIpc) is 2.29. The van der Waals surface area contributed by atoms with Crippen LogP contribution in [-0.2, 0) is 4.79 Å². The summed E-state index contributed by atoms with van der Waals surface area (Å²) in [5.41, 5.74) is -0.637. The largest absolute Gasteiger partial charge is 0.389 e. The number of carbonyl (C=O) groups is 2. The molecule has 1 aromatic rings. The Kier molecular flexibility index (Phi) is 4.58. The van der Waals surface area contributed by atoms with Crippen molar-refractivity contribution in [1.82, 2.24) is 0 Å². The van der Waals surface area contributed by atoms with Crippen molar-refractivity contribution in [2.45, 2.75) is 38.7 Å². The molecule has 0 amide bonds. The third-order valence-electron chi connectivity index (χ3n) is 2.82. The molecule has 0 aliphatic carbocycles. The lowest BCUT2D eigenvalue weighted by Gasteiger charge is -2.24. The Balaban J connectivity index is 2.75. The predicted octanol–water partition coefficient (Wildman–Crippen LogP) is 2.38. The number of benzene rings is 1. The molecule has 0 saturated carbocycles. The van der Waals surface area contributed by atoms with Gasteiger partial charge in [-0.3, -0.25) is 9.59 Å². The summed E-state index contributed by atoms with van der Waals surface area (Å²) in [6.45, 7) is 3.20. The van der Waals surface area contributed by atoms with E-state index in [0.29, 0.717) is 12.0 Å². The minimum Gasteiger partial charge on any atom is -0.389 e. The Hall–Kier alpha value is -1.48. The zero-order valence-corrected chi connectivity index (χ0v) is 10.3. The van der Waals surface area contributed by atoms with Crippen LogP contribution in [0.1, 0.15) is 43.5 Å². The lowest BCUT2D eigenvalue weighted by molar-refractivity contribution is -0.121. The van der Waals surface area contributed by atoms with Crippen molar-refractivity contribution in [1.29, 1.82) is 0 Å². The minimum atomic E-state index is -1.21. The van der Waals surface area contributed by atoms with Crippen molar-refractivity contribution in [3.63, 3.8) is 0 Å². The smallest absolute Gasteiger partial charge is 0.165 e. The van der Waals surface area contributed by atoms with Crippen LogP contribution in [0, 0.1) is 0 Å². The Morgan fingerprint density at radius 3 is 2.24 bits per heavy atom. The van der Waals surface area contributed by atoms with E-state index >= 15 is 0 Å². The summed E-state index contributed by atoms with van der Waals surface area (Å²) in [5, 5.41) is 10.2. The van der Waals surface area contributed by atoms with Gasteiger partial charge in [-0.15, -0.1) is 0 Å². The Bertz CT molecular complexity index is 397. The van der Waals surface area contributed by atoms with Crippen molar-refractivity contribution >= 4 is 11.6 Å². The fourth-order valence-corrected chi connectivity index (χ4v) is 1.80. The number of carbonyl (C=O) groups excluding carboxylic acids is 2. The van der Waals surface area contributed by atoms with E-state index in [1.165, 1.54) is 6.92 Å². The summed E-state index contributed by atoms with van der Waals surface area (Å²) in [5.74, 6) is -0.230. The minimum absolute atomic E-state index is 0.00685. The molecule has 1 rings (SSSR count). The molecule has 0 fully saturated rings. The van der Waals surface area contributed by atoms with Crippen molar-refractivity contribution < 1.29 is 14.7 Å². The van der Waals surface area contributed by atoms with Gasteiger partial charge < -0.3 is 5.11 Å². The standard InChI is InChI=1S/C14H18O3/c1-3-14(17,9-11(2)15)10-13(16)12-7-5-4-6-8-12/h4-8,17H,3,9-10H2,1-2H3/t14-/m1/s1. The van der Waals surface area contributed by atoms with Crippen molar-refractivity contribution in [3.8, 4) is 0 Å². The van der Waals surface area contributed by atoms with Gasteiger partial charge in [-0.05, 0) is 13.3 Å². The van der Waals surface area contributed by atoms with Crippen LogP contribution in [0.2, 0.25) is 0 Å². The summed E-state index contributed by atoms with van der Waals surface area (Å²) in [4.78, 5) is 23.0. The maximum Gasteiger partial charge on any atom is 0.165 e. The summed E-state index contributed by atoms with van der Waals surface area (Å²) in [6.07, 6.45) is 0.417. The van der Waals surface area contributed by atoms with E-state index < -0.39 is 5.60 Å². The quantitative estimate of drug-likeness (QED) is 0.769. The molecule has 1 aromatic carbocycles. The normalized spacial score (nSPS) is 14.1. The summed E-state index contributed by atoms with van der Waals surface area (Å²) < 4.78 is 0. The molecule has 1 N–H and O–H groups in total. The lowest BCUT2D eigenvalue weighted by atomic mass is 9.87. The first-order valence-corrected chi connectivity index (χ1v) is 5.77. The van der Waals surface area contributed by atoms with Gasteiger partial charge in [0.25, 0.3) is 0 Å². The zero-order chi connectivity index (χ0) is 12.9. The number of Topliss-reactive ketones (excluding diaryl/α,β-unsaturated/α-hetero) is 2. The zero-order valence-electron chi connectivity index (χ0n) is 10.3. The van der Waals surface area contributed by atoms with E-state index in [0.717, 1.165) is 0 Å². The van der Waals surface area contributed by atoms with Crippen LogP contribution >= 0.6 is 0 Å². The van der Waals surface area contributed by atoms with Gasteiger partial charge >= 0.3 is 0 Å². The molecular weight excluding hydrogens is 216 g/mol. The fourth-order valence-electron chi connectivity index (χ4n) is 1.80. The SMILES string of the molecule is CC[C@@](O)(CC(C)=O)CC(=O)c1ccccc1. The molecule has 0 aromatic heterocycles. The third-order valence-corrected chi connectivity index (χ3v) is 2.82. The molecule has 17 heavy (non-hydrogen) atoms. The predicted molar refractivity (Wildman–Crippen MR) is 65.9 cm³/mol. The van der Waals surface area contributed by atoms with Crippen LogP contribution < -0.4 is 0 Å². The molecule has 3 heteroatoms. The first-order chi connectivity index (χ1) is 7.97. The molecule has 0 radical (unpaired) electrons. The van der Waals surface area contributed by atoms with Crippen molar-refractivity contribution in [3.05, 3.63) is 35.9 Å². The number of hydrogen-bond donors (Lipinski definition) is 1. The molecule has 0 unspecified atom stereocenters. The van der Waals surface area contributed by atoms with Crippen LogP contribution in [0.3, 0.4) is 0 Å². The molecule has 0 aliphatic heterocycles. The highest BCUT2D eigenvalue weighted by atomic mass is 16.3. The summed E-state index contributed by atoms with van der Waals surface area (Å²) in [6, 6.07) is 8.82. The average molecular weight is 234 g/mol. The number of ketones is 2. The Morgan fingerprint density at radius 1 is 1.18 bits per heavy atom. The molecule has 3 nitrogen and oxygen atoms in total. The van der Waals surface area contributed by atoms with E-state index in [2.05, 4.69) is 0 Å². The molecule has 0 bridgehead atoms. The molecule has 0 spiro atoms. The maximum atomic E-state index is 11.9. The second kappa shape index (κ2) is 5.73. The number of hydrogen-bond acceptors (Lipinski definition) is 3. The van der Waals surface area contributed by atoms with Crippen LogP contribution in [0.4, 0.5) is 0 Å². The first-order valence-electron chi connectivity index (χ1n) is 5.77. The Morgan fingerprint density at radius 2 is 1.76 bits per heavy atom. The van der Waals surface area contributed by atoms with Gasteiger partial charge in [0.2, 0.25) is 0 Å². The monoisotopic (exact) mass is 234 g/mol. The van der Waals surface area contributed by atoms with Gasteiger partial charge in [0.05, 0.1) is 5.60 Å². The third kappa shape index (κ3) is 4.11. The fraction of sp³-hybridized carbons (Fsp3) is 0.429. The van der Waals surface area contributed by atoms with Gasteiger partial charge in [0.15, 0.2) is 5.78 Å². The number of rotatable bonds is 6. The molecule has 0 aliphatic rings. The second-order valence-electron chi connectivity index (χ2n) is 4.42. The summed E-state index contributed by atoms with van der Waals surface area (Å²) in [7, 11) is 0. The molecule has 0 saturated heterocycles. The van der Waals surface area contributed by atoms with E-state index in [4.69, 9.17) is 0 Å². The van der Waals surface area contributed by atoms with E-state index in [9.17, 15) is 14.7 Å². The highest BCUT2D eigenvalue weighted by Crippen LogP contribution is 2.22. The van der Waals surface area contributed by atoms with Gasteiger partial charge in [-0.2, -0.15) is 0 Å². The maximum absolute atomic E-state index is 11.9. The van der Waals surface area contributed by atoms with E-state index in [-0.39, 0.29) is 24.4 Å². The first kappa shape index (κ1) is 13.6. The molecule has 0 heterocycles. The summed E-state index contributed by atoms with van der Waals surface area (Å²) >= 11 is 0. The molecule has 92 valence electrons. The lowest BCUT2D eigenvalue weighted by Crippen LogP contribution is -2.33. The van der Waals surface area contributed by atoms with Crippen LogP contribution in [0.5, 0.6) is 0 Å². The van der Waals surface area contributed by atoms with Crippen LogP contribution in [-0.4, -0.2) is 22.3 Å². The van der Waals surface area contributed by atoms with E-state index in [1.807, 2.05) is 6.07 Å². The number of aliphatic hydroxyl groups is 1. The van der Waals surface area contributed by atoms with Gasteiger partial charge in [0.1, 0.15) is 5.78 Å². The van der Waals surface area contributed by atoms with Crippen molar-refractivity contribution in [2.75, 3.05) is 0 Å². The van der Waals surface area contributed by atoms with E-state index in [1.54, 1.807) is 31.2 Å². The second-order valence-corrected chi connectivity index (χ2v) is 4.42. The van der Waals surface area contributed by atoms with Gasteiger partial charge in [-0.25, -0.2) is 0 Å². The van der Waals surface area contributed by atoms with Crippen LogP contribution in [0.25, 0.3) is 0 Å². The van der Waals surface area contributed by atoms with Gasteiger partial charge in [-0.1, -0.05) is 37.3 Å². The Labute approximate surface area is 101 Å². The molecule has 1 atom stereocenters. The molecular formula is C14H18O3. The highest BCUT2D eigenvalue weighted by Gasteiger charge is 2.29. The highest BCUT2D eigenvalue weighted by molar-refractivity contribution is 5.97. The van der Waals surface area contributed by atoms with Crippen LogP contribution in [0.15, 0.2) is 30.3 Å². The topological polar surface area (TPSA) is 54.4 Å². The van der Waals surface area contributed by atoms with Gasteiger partial charge in [0, 0.05) is 18.4 Å².